The Balaban J connectivity index is 2.39. The minimum absolute atomic E-state index is 0.505. The minimum Gasteiger partial charge on any atom is -0.496 e. The monoisotopic (exact) mass is 265 g/mol. The van der Waals surface area contributed by atoms with Crippen molar-refractivity contribution >= 4 is 0 Å². The number of hydrogen-bond donors (Lipinski definition) is 1. The second kappa shape index (κ2) is 6.78. The molecule has 1 N–H and O–H groups in total. The average Bonchev–Trinajstić information content (AvgIpc) is 2.48. The molecule has 0 atom stereocenters. The van der Waals surface area contributed by atoms with E-state index in [0.717, 1.165) is 43.0 Å². The Bertz CT molecular complexity index is 414. The van der Waals surface area contributed by atoms with Crippen molar-refractivity contribution in [3.8, 4) is 11.5 Å². The van der Waals surface area contributed by atoms with Gasteiger partial charge in [0.1, 0.15) is 11.5 Å². The van der Waals surface area contributed by atoms with E-state index in [-0.39, 0.29) is 0 Å². The Morgan fingerprint density at radius 2 is 1.84 bits per heavy atom. The summed E-state index contributed by atoms with van der Waals surface area (Å²) < 4.78 is 16.3. The van der Waals surface area contributed by atoms with Crippen LogP contribution in [-0.2, 0) is 11.3 Å². The van der Waals surface area contributed by atoms with E-state index < -0.39 is 0 Å². The molecule has 0 saturated carbocycles. The summed E-state index contributed by atoms with van der Waals surface area (Å²) in [6, 6.07) is 4.15. The third-order valence-electron chi connectivity index (χ3n) is 3.74. The molecule has 4 heteroatoms. The van der Waals surface area contributed by atoms with Crippen LogP contribution < -0.4 is 14.8 Å². The van der Waals surface area contributed by atoms with Gasteiger partial charge in [0, 0.05) is 7.11 Å². The molecule has 0 unspecified atom stereocenters. The van der Waals surface area contributed by atoms with Crippen LogP contribution in [0.1, 0.15) is 29.9 Å². The first kappa shape index (κ1) is 14.2. The van der Waals surface area contributed by atoms with Crippen LogP contribution in [0.4, 0.5) is 0 Å². The molecule has 1 aromatic carbocycles. The van der Waals surface area contributed by atoms with Gasteiger partial charge in [-0.3, -0.25) is 0 Å². The lowest BCUT2D eigenvalue weighted by Crippen LogP contribution is -2.27. The summed E-state index contributed by atoms with van der Waals surface area (Å²) in [5.74, 6) is 2.31. The van der Waals surface area contributed by atoms with E-state index in [0.29, 0.717) is 12.5 Å². The lowest BCUT2D eigenvalue weighted by molar-refractivity contribution is 0.177. The molecule has 0 radical (unpaired) electrons. The van der Waals surface area contributed by atoms with Gasteiger partial charge in [-0.2, -0.15) is 0 Å². The van der Waals surface area contributed by atoms with Gasteiger partial charge in [-0.05, 0) is 43.5 Å². The average molecular weight is 265 g/mol. The van der Waals surface area contributed by atoms with E-state index in [4.69, 9.17) is 14.2 Å². The van der Waals surface area contributed by atoms with E-state index >= 15 is 0 Å². The van der Waals surface area contributed by atoms with Crippen LogP contribution in [0.2, 0.25) is 0 Å². The molecule has 1 aliphatic rings. The molecule has 0 bridgehead atoms. The highest BCUT2D eigenvalue weighted by Crippen LogP contribution is 2.39. The molecule has 1 aliphatic heterocycles. The Morgan fingerprint density at radius 3 is 2.42 bits per heavy atom. The third kappa shape index (κ3) is 3.01. The lowest BCUT2D eigenvalue weighted by atomic mass is 9.88. The van der Waals surface area contributed by atoms with E-state index in [2.05, 4.69) is 11.4 Å². The predicted octanol–water partition coefficient (Wildman–Crippen LogP) is 2.32. The molecule has 1 fully saturated rings. The van der Waals surface area contributed by atoms with Gasteiger partial charge in [-0.15, -0.1) is 0 Å². The van der Waals surface area contributed by atoms with Crippen molar-refractivity contribution in [1.82, 2.24) is 5.32 Å². The van der Waals surface area contributed by atoms with Crippen LogP contribution in [-0.4, -0.2) is 34.4 Å². The number of nitrogens with one attached hydrogen (secondary N) is 1. The van der Waals surface area contributed by atoms with Gasteiger partial charge in [0.25, 0.3) is 0 Å². The van der Waals surface area contributed by atoms with E-state index in [1.807, 2.05) is 6.07 Å². The highest BCUT2D eigenvalue weighted by atomic mass is 16.5. The zero-order valence-corrected chi connectivity index (χ0v) is 12.0. The molecule has 19 heavy (non-hydrogen) atoms. The number of rotatable bonds is 5. The molecular formula is C15H23NO3. The number of hydrogen-bond acceptors (Lipinski definition) is 4. The molecule has 0 spiro atoms. The third-order valence-corrected chi connectivity index (χ3v) is 3.74. The summed E-state index contributed by atoms with van der Waals surface area (Å²) in [5.41, 5.74) is 2.28. The van der Waals surface area contributed by atoms with E-state index in [1.165, 1.54) is 5.56 Å². The van der Waals surface area contributed by atoms with Crippen molar-refractivity contribution in [1.29, 1.82) is 0 Å². The maximum absolute atomic E-state index is 5.64. The molecule has 0 aliphatic carbocycles. The zero-order valence-electron chi connectivity index (χ0n) is 12.0. The smallest absolute Gasteiger partial charge is 0.131 e. The van der Waals surface area contributed by atoms with E-state index in [1.54, 1.807) is 21.3 Å². The van der Waals surface area contributed by atoms with Crippen molar-refractivity contribution in [3.05, 3.63) is 23.3 Å². The van der Waals surface area contributed by atoms with Crippen molar-refractivity contribution < 1.29 is 14.2 Å². The quantitative estimate of drug-likeness (QED) is 0.887. The molecule has 4 nitrogen and oxygen atoms in total. The lowest BCUT2D eigenvalue weighted by Gasteiger charge is -2.26. The summed E-state index contributed by atoms with van der Waals surface area (Å²) in [4.78, 5) is 0. The molecule has 106 valence electrons. The Morgan fingerprint density at radius 1 is 1.11 bits per heavy atom. The minimum atomic E-state index is 0.505. The second-order valence-electron chi connectivity index (χ2n) is 4.83. The van der Waals surface area contributed by atoms with Gasteiger partial charge in [-0.1, -0.05) is 6.07 Å². The Labute approximate surface area is 115 Å². The molecule has 1 aromatic rings. The maximum atomic E-state index is 5.64. The summed E-state index contributed by atoms with van der Waals surface area (Å²) in [5, 5.41) is 3.39. The van der Waals surface area contributed by atoms with Gasteiger partial charge in [0.05, 0.1) is 26.4 Å². The Hall–Kier alpha value is -1.26. The number of benzene rings is 1. The number of piperidine rings is 1. The summed E-state index contributed by atoms with van der Waals surface area (Å²) in [6.45, 7) is 2.64. The molecule has 2 rings (SSSR count). The number of methoxy groups -OCH3 is 3. The van der Waals surface area contributed by atoms with Crippen molar-refractivity contribution in [2.45, 2.75) is 25.4 Å². The molecule has 0 aromatic heterocycles. The standard InChI is InChI=1S/C15H23NO3/c1-17-10-13-14(18-2)5-4-12(15(13)19-3)11-6-8-16-9-7-11/h4-5,11,16H,6-10H2,1-3H3. The van der Waals surface area contributed by atoms with Crippen molar-refractivity contribution in [3.63, 3.8) is 0 Å². The van der Waals surface area contributed by atoms with Crippen LogP contribution >= 0.6 is 0 Å². The molecule has 1 heterocycles. The largest absolute Gasteiger partial charge is 0.496 e. The summed E-state index contributed by atoms with van der Waals surface area (Å²) in [6.07, 6.45) is 2.30. The fraction of sp³-hybridized carbons (Fsp3) is 0.600. The van der Waals surface area contributed by atoms with Gasteiger partial charge < -0.3 is 19.5 Å². The van der Waals surface area contributed by atoms with Crippen molar-refractivity contribution in [2.75, 3.05) is 34.4 Å². The summed E-state index contributed by atoms with van der Waals surface area (Å²) >= 11 is 0. The number of ether oxygens (including phenoxy) is 3. The molecule has 0 amide bonds. The first-order valence-corrected chi connectivity index (χ1v) is 6.75. The van der Waals surface area contributed by atoms with Gasteiger partial charge in [0.15, 0.2) is 0 Å². The molecule has 1 saturated heterocycles. The second-order valence-corrected chi connectivity index (χ2v) is 4.83. The topological polar surface area (TPSA) is 39.7 Å². The van der Waals surface area contributed by atoms with Crippen molar-refractivity contribution in [2.24, 2.45) is 0 Å². The van der Waals surface area contributed by atoms with Crippen LogP contribution in [0.15, 0.2) is 12.1 Å². The van der Waals surface area contributed by atoms with Gasteiger partial charge >= 0.3 is 0 Å². The van der Waals surface area contributed by atoms with Crippen LogP contribution in [0.3, 0.4) is 0 Å². The van der Waals surface area contributed by atoms with Crippen LogP contribution in [0.25, 0.3) is 0 Å². The van der Waals surface area contributed by atoms with Gasteiger partial charge in [0.2, 0.25) is 0 Å². The van der Waals surface area contributed by atoms with Gasteiger partial charge in [-0.25, -0.2) is 0 Å². The maximum Gasteiger partial charge on any atom is 0.131 e. The van der Waals surface area contributed by atoms with E-state index in [9.17, 15) is 0 Å². The normalized spacial score (nSPS) is 16.4. The fourth-order valence-electron chi connectivity index (χ4n) is 2.80. The first-order valence-electron chi connectivity index (χ1n) is 6.75. The summed E-state index contributed by atoms with van der Waals surface area (Å²) in [7, 11) is 5.09. The fourth-order valence-corrected chi connectivity index (χ4v) is 2.80. The SMILES string of the molecule is COCc1c(OC)ccc(C2CCNCC2)c1OC. The Kier molecular flexibility index (Phi) is 5.05. The van der Waals surface area contributed by atoms with Crippen LogP contribution in [0, 0.1) is 0 Å². The van der Waals surface area contributed by atoms with Crippen LogP contribution in [0.5, 0.6) is 11.5 Å². The highest BCUT2D eigenvalue weighted by molar-refractivity contribution is 5.51. The highest BCUT2D eigenvalue weighted by Gasteiger charge is 2.22. The zero-order chi connectivity index (χ0) is 13.7. The molecular weight excluding hydrogens is 242 g/mol. The predicted molar refractivity (Wildman–Crippen MR) is 75.1 cm³/mol. The first-order chi connectivity index (χ1) is 9.31.